The van der Waals surface area contributed by atoms with Gasteiger partial charge in [-0.15, -0.1) is 0 Å². The molecule has 6 heteroatoms. The van der Waals surface area contributed by atoms with Crippen molar-refractivity contribution in [2.75, 3.05) is 5.32 Å². The average molecular weight is 390 g/mol. The van der Waals surface area contributed by atoms with Crippen LogP contribution in [0.3, 0.4) is 0 Å². The molecule has 0 saturated heterocycles. The third-order valence-electron chi connectivity index (χ3n) is 5.20. The lowest BCUT2D eigenvalue weighted by atomic mass is 10.00. The number of benzene rings is 3. The average Bonchev–Trinajstić information content (AvgIpc) is 3.22. The smallest absolute Gasteiger partial charge is 0.159 e. The lowest BCUT2D eigenvalue weighted by Gasteiger charge is -2.17. The van der Waals surface area contributed by atoms with E-state index in [1.54, 1.807) is 30.9 Å². The van der Waals surface area contributed by atoms with Gasteiger partial charge in [0.1, 0.15) is 12.1 Å². The lowest BCUT2D eigenvalue weighted by molar-refractivity contribution is 0.873. The Morgan fingerprint density at radius 2 is 1.90 bits per heavy atom. The molecule has 1 atom stereocenters. The van der Waals surface area contributed by atoms with E-state index in [4.69, 9.17) is 10.2 Å². The van der Waals surface area contributed by atoms with Crippen molar-refractivity contribution in [2.45, 2.75) is 13.0 Å². The van der Waals surface area contributed by atoms with Crippen molar-refractivity contribution in [3.8, 4) is 11.9 Å². The summed E-state index contributed by atoms with van der Waals surface area (Å²) in [6, 6.07) is 22.3. The van der Waals surface area contributed by atoms with Crippen LogP contribution in [0.25, 0.3) is 27.6 Å². The van der Waals surface area contributed by atoms with Crippen LogP contribution in [0.15, 0.2) is 79.4 Å². The minimum atomic E-state index is 0.0540. The number of imidazole rings is 1. The Labute approximate surface area is 173 Å². The first-order valence-electron chi connectivity index (χ1n) is 9.67. The lowest BCUT2D eigenvalue weighted by Crippen LogP contribution is -2.10. The second kappa shape index (κ2) is 7.30. The molecule has 0 fully saturated rings. The molecule has 0 saturated carbocycles. The molecule has 30 heavy (non-hydrogen) atoms. The van der Waals surface area contributed by atoms with E-state index in [2.05, 4.69) is 64.7 Å². The summed E-state index contributed by atoms with van der Waals surface area (Å²) in [4.78, 5) is 13.5. The molecule has 1 unspecified atom stereocenters. The fourth-order valence-corrected chi connectivity index (χ4v) is 3.73. The van der Waals surface area contributed by atoms with Gasteiger partial charge in [0.25, 0.3) is 0 Å². The molecule has 2 aromatic heterocycles. The molecular weight excluding hydrogens is 372 g/mol. The monoisotopic (exact) mass is 390 g/mol. The molecule has 5 aromatic rings. The van der Waals surface area contributed by atoms with Gasteiger partial charge in [-0.2, -0.15) is 5.26 Å². The van der Waals surface area contributed by atoms with Gasteiger partial charge in [0.05, 0.1) is 41.1 Å². The Morgan fingerprint density at radius 1 is 1.03 bits per heavy atom. The van der Waals surface area contributed by atoms with Crippen molar-refractivity contribution in [1.29, 1.82) is 5.26 Å². The minimum Gasteiger partial charge on any atom is -0.362 e. The van der Waals surface area contributed by atoms with Gasteiger partial charge in [0.2, 0.25) is 0 Å². The van der Waals surface area contributed by atoms with Gasteiger partial charge in [-0.25, -0.2) is 9.97 Å². The number of anilines is 1. The van der Waals surface area contributed by atoms with Gasteiger partial charge in [-0.3, -0.25) is 9.55 Å². The summed E-state index contributed by atoms with van der Waals surface area (Å²) in [6.45, 7) is 2.12. The highest BCUT2D eigenvalue weighted by Gasteiger charge is 2.12. The number of aromatic nitrogens is 4. The predicted molar refractivity (Wildman–Crippen MR) is 117 cm³/mol. The first kappa shape index (κ1) is 17.8. The van der Waals surface area contributed by atoms with Crippen molar-refractivity contribution in [3.05, 3.63) is 90.5 Å². The van der Waals surface area contributed by atoms with E-state index >= 15 is 0 Å². The van der Waals surface area contributed by atoms with Crippen LogP contribution in [0.1, 0.15) is 24.1 Å². The molecule has 0 amide bonds. The van der Waals surface area contributed by atoms with Crippen LogP contribution in [0.5, 0.6) is 0 Å². The second-order valence-electron chi connectivity index (χ2n) is 7.13. The fourth-order valence-electron chi connectivity index (χ4n) is 3.73. The number of nitriles is 1. The third-order valence-corrected chi connectivity index (χ3v) is 5.20. The van der Waals surface area contributed by atoms with Crippen LogP contribution in [0, 0.1) is 11.3 Å². The number of fused-ring (bicyclic) bond motifs is 2. The quantitative estimate of drug-likeness (QED) is 0.466. The molecule has 1 N–H and O–H groups in total. The highest BCUT2D eigenvalue weighted by molar-refractivity contribution is 5.86. The molecule has 0 bridgehead atoms. The van der Waals surface area contributed by atoms with Gasteiger partial charge in [-0.1, -0.05) is 42.5 Å². The van der Waals surface area contributed by atoms with Crippen molar-refractivity contribution < 1.29 is 0 Å². The highest BCUT2D eigenvalue weighted by atomic mass is 15.2. The zero-order chi connectivity index (χ0) is 20.5. The maximum atomic E-state index is 9.09. The third kappa shape index (κ3) is 3.12. The Bertz CT molecular complexity index is 1410. The van der Waals surface area contributed by atoms with Crippen LogP contribution in [0.2, 0.25) is 0 Å². The first-order valence-corrected chi connectivity index (χ1v) is 9.67. The summed E-state index contributed by atoms with van der Waals surface area (Å²) in [5, 5.41) is 15.0. The van der Waals surface area contributed by atoms with Gasteiger partial charge < -0.3 is 5.32 Å². The van der Waals surface area contributed by atoms with Crippen molar-refractivity contribution >= 4 is 27.6 Å². The molecule has 0 aliphatic heterocycles. The van der Waals surface area contributed by atoms with Gasteiger partial charge in [-0.05, 0) is 41.5 Å². The first-order chi connectivity index (χ1) is 14.7. The molecular formula is C24H18N6. The number of nitrogens with one attached hydrogen (secondary N) is 1. The standard InChI is InChI=1S/C24H18N6/c1-16(19-8-4-6-18-5-2-3-7-20(18)19)28-23-13-26-14-24(29-23)30-15-27-21-11-17(12-25)9-10-22(21)30/h2-11,13-16H,1H3,(H,28,29). The van der Waals surface area contributed by atoms with E-state index in [0.29, 0.717) is 17.2 Å². The van der Waals surface area contributed by atoms with Crippen molar-refractivity contribution in [1.82, 2.24) is 19.5 Å². The SMILES string of the molecule is CC(Nc1cncc(-n2cnc3cc(C#N)ccc32)n1)c1cccc2ccccc12. The summed E-state index contributed by atoms with van der Waals surface area (Å²) in [6.07, 6.45) is 5.12. The van der Waals surface area contributed by atoms with E-state index in [0.717, 1.165) is 11.0 Å². The fraction of sp³-hybridized carbons (Fsp3) is 0.0833. The maximum absolute atomic E-state index is 9.09. The van der Waals surface area contributed by atoms with Crippen LogP contribution in [-0.4, -0.2) is 19.5 Å². The number of rotatable bonds is 4. The molecule has 0 aliphatic rings. The van der Waals surface area contributed by atoms with Crippen LogP contribution in [-0.2, 0) is 0 Å². The Kier molecular flexibility index (Phi) is 4.34. The molecule has 2 heterocycles. The number of nitrogens with zero attached hydrogens (tertiary/aromatic N) is 5. The minimum absolute atomic E-state index is 0.0540. The number of hydrogen-bond acceptors (Lipinski definition) is 5. The molecule has 0 aliphatic carbocycles. The topological polar surface area (TPSA) is 79.4 Å². The zero-order valence-electron chi connectivity index (χ0n) is 16.3. The maximum Gasteiger partial charge on any atom is 0.159 e. The van der Waals surface area contributed by atoms with Gasteiger partial charge >= 0.3 is 0 Å². The van der Waals surface area contributed by atoms with Crippen LogP contribution in [0.4, 0.5) is 5.82 Å². The van der Waals surface area contributed by atoms with Crippen molar-refractivity contribution in [3.63, 3.8) is 0 Å². The molecule has 5 rings (SSSR count). The van der Waals surface area contributed by atoms with E-state index < -0.39 is 0 Å². The summed E-state index contributed by atoms with van der Waals surface area (Å²) < 4.78 is 1.87. The van der Waals surface area contributed by atoms with E-state index in [9.17, 15) is 0 Å². The largest absolute Gasteiger partial charge is 0.362 e. The van der Waals surface area contributed by atoms with Crippen LogP contribution < -0.4 is 5.32 Å². The number of hydrogen-bond donors (Lipinski definition) is 1. The van der Waals surface area contributed by atoms with E-state index in [1.165, 1.54) is 16.3 Å². The molecule has 144 valence electrons. The highest BCUT2D eigenvalue weighted by Crippen LogP contribution is 2.26. The second-order valence-corrected chi connectivity index (χ2v) is 7.13. The molecule has 6 nitrogen and oxygen atoms in total. The van der Waals surface area contributed by atoms with E-state index in [-0.39, 0.29) is 6.04 Å². The molecule has 0 radical (unpaired) electrons. The van der Waals surface area contributed by atoms with Crippen LogP contribution >= 0.6 is 0 Å². The van der Waals surface area contributed by atoms with Crippen molar-refractivity contribution in [2.24, 2.45) is 0 Å². The Balaban J connectivity index is 1.48. The summed E-state index contributed by atoms with van der Waals surface area (Å²) in [5.41, 5.74) is 3.41. The van der Waals surface area contributed by atoms with Gasteiger partial charge in [0, 0.05) is 0 Å². The Hall–Kier alpha value is -4.24. The van der Waals surface area contributed by atoms with Gasteiger partial charge in [0.15, 0.2) is 5.82 Å². The summed E-state index contributed by atoms with van der Waals surface area (Å²) in [5.74, 6) is 1.35. The summed E-state index contributed by atoms with van der Waals surface area (Å²) >= 11 is 0. The van der Waals surface area contributed by atoms with E-state index in [1.807, 2.05) is 16.7 Å². The summed E-state index contributed by atoms with van der Waals surface area (Å²) in [7, 11) is 0. The predicted octanol–water partition coefficient (Wildman–Crippen LogP) is 5.01. The molecule has 0 spiro atoms. The molecule has 3 aromatic carbocycles. The zero-order valence-corrected chi connectivity index (χ0v) is 16.3. The Morgan fingerprint density at radius 3 is 2.80 bits per heavy atom. The normalized spacial score (nSPS) is 12.0.